The van der Waals surface area contributed by atoms with Crippen molar-refractivity contribution in [3.63, 3.8) is 0 Å². The minimum Gasteiger partial charge on any atom is -0.384 e. The first-order chi connectivity index (χ1) is 10.5. The van der Waals surface area contributed by atoms with E-state index in [0.717, 1.165) is 23.5 Å². The molecule has 0 saturated heterocycles. The fraction of sp³-hybridized carbons (Fsp3) is 0.333. The van der Waals surface area contributed by atoms with Gasteiger partial charge in [0, 0.05) is 24.6 Å². The number of aromatic nitrogens is 1. The predicted octanol–water partition coefficient (Wildman–Crippen LogP) is 4.02. The van der Waals surface area contributed by atoms with Crippen molar-refractivity contribution in [3.05, 3.63) is 53.3 Å². The number of hydrogen-bond acceptors (Lipinski definition) is 3. The van der Waals surface area contributed by atoms with Crippen LogP contribution < -0.4 is 10.6 Å². The zero-order valence-corrected chi connectivity index (χ0v) is 13.6. The van der Waals surface area contributed by atoms with Gasteiger partial charge in [0.15, 0.2) is 0 Å². The molecule has 0 aliphatic rings. The Morgan fingerprint density at radius 3 is 2.55 bits per heavy atom. The normalized spacial score (nSPS) is 10.6. The Balaban J connectivity index is 2.08. The number of aryl methyl sites for hydroxylation is 2. The molecule has 0 atom stereocenters. The summed E-state index contributed by atoms with van der Waals surface area (Å²) in [4.78, 5) is 16.5. The highest BCUT2D eigenvalue weighted by Crippen LogP contribution is 2.16. The van der Waals surface area contributed by atoms with E-state index in [1.54, 1.807) is 12.4 Å². The van der Waals surface area contributed by atoms with E-state index in [0.29, 0.717) is 11.5 Å². The van der Waals surface area contributed by atoms with Crippen LogP contribution in [0.25, 0.3) is 0 Å². The van der Waals surface area contributed by atoms with Gasteiger partial charge in [-0.05, 0) is 49.1 Å². The molecule has 0 aliphatic carbocycles. The molecule has 0 bridgehead atoms. The Kier molecular flexibility index (Phi) is 5.15. The van der Waals surface area contributed by atoms with Crippen LogP contribution in [0.5, 0.6) is 0 Å². The summed E-state index contributed by atoms with van der Waals surface area (Å²) in [7, 11) is 0. The van der Waals surface area contributed by atoms with E-state index in [1.165, 1.54) is 5.56 Å². The quantitative estimate of drug-likeness (QED) is 0.876. The van der Waals surface area contributed by atoms with Crippen molar-refractivity contribution in [2.24, 2.45) is 5.92 Å². The number of nitrogens with one attached hydrogen (secondary N) is 2. The van der Waals surface area contributed by atoms with E-state index < -0.39 is 0 Å². The molecule has 4 heteroatoms. The molecule has 0 spiro atoms. The van der Waals surface area contributed by atoms with Crippen LogP contribution in [0.4, 0.5) is 11.4 Å². The molecule has 1 aromatic carbocycles. The minimum atomic E-state index is -0.149. The van der Waals surface area contributed by atoms with E-state index in [2.05, 4.69) is 36.4 Å². The topological polar surface area (TPSA) is 54.0 Å². The fourth-order valence-corrected chi connectivity index (χ4v) is 2.01. The highest BCUT2D eigenvalue weighted by Gasteiger charge is 2.08. The molecule has 2 rings (SSSR count). The van der Waals surface area contributed by atoms with Crippen LogP contribution in [0, 0.1) is 19.8 Å². The van der Waals surface area contributed by atoms with Crippen molar-refractivity contribution < 1.29 is 4.79 Å². The molecule has 2 N–H and O–H groups in total. The first kappa shape index (κ1) is 16.0. The van der Waals surface area contributed by atoms with E-state index in [4.69, 9.17) is 0 Å². The molecule has 2 aromatic rings. The number of amides is 1. The number of benzene rings is 1. The average Bonchev–Trinajstić information content (AvgIpc) is 2.49. The lowest BCUT2D eigenvalue weighted by Gasteiger charge is -2.11. The molecule has 1 heterocycles. The third kappa shape index (κ3) is 4.32. The van der Waals surface area contributed by atoms with Gasteiger partial charge in [-0.1, -0.05) is 19.9 Å². The number of hydrogen-bond donors (Lipinski definition) is 2. The summed E-state index contributed by atoms with van der Waals surface area (Å²) in [6.45, 7) is 9.20. The van der Waals surface area contributed by atoms with Gasteiger partial charge in [0.05, 0.1) is 11.3 Å². The van der Waals surface area contributed by atoms with Crippen molar-refractivity contribution in [1.82, 2.24) is 4.98 Å². The summed E-state index contributed by atoms with van der Waals surface area (Å²) < 4.78 is 0. The lowest BCUT2D eigenvalue weighted by molar-refractivity contribution is 0.102. The van der Waals surface area contributed by atoms with Gasteiger partial charge in [0.2, 0.25) is 0 Å². The molecule has 22 heavy (non-hydrogen) atoms. The predicted molar refractivity (Wildman–Crippen MR) is 91.4 cm³/mol. The molecule has 0 radical (unpaired) electrons. The van der Waals surface area contributed by atoms with Crippen molar-refractivity contribution in [2.75, 3.05) is 17.2 Å². The second-order valence-electron chi connectivity index (χ2n) is 5.99. The van der Waals surface area contributed by atoms with Crippen LogP contribution in [0.2, 0.25) is 0 Å². The second kappa shape index (κ2) is 7.07. The number of nitrogens with zero attached hydrogens (tertiary/aromatic N) is 1. The number of carbonyl (C=O) groups is 1. The Hall–Kier alpha value is -2.36. The summed E-state index contributed by atoms with van der Waals surface area (Å²) in [5.74, 6) is 0.386. The van der Waals surface area contributed by atoms with Gasteiger partial charge < -0.3 is 10.6 Å². The monoisotopic (exact) mass is 297 g/mol. The average molecular weight is 297 g/mol. The zero-order valence-electron chi connectivity index (χ0n) is 13.6. The molecule has 0 saturated carbocycles. The van der Waals surface area contributed by atoms with Gasteiger partial charge >= 0.3 is 0 Å². The second-order valence-corrected chi connectivity index (χ2v) is 5.99. The van der Waals surface area contributed by atoms with E-state index >= 15 is 0 Å². The maximum atomic E-state index is 12.3. The Bertz CT molecular complexity index is 665. The van der Waals surface area contributed by atoms with Gasteiger partial charge in [0.25, 0.3) is 5.91 Å². The van der Waals surface area contributed by atoms with Crippen LogP contribution in [0.15, 0.2) is 36.7 Å². The molecule has 0 fully saturated rings. The largest absolute Gasteiger partial charge is 0.384 e. The molecule has 1 aromatic heterocycles. The van der Waals surface area contributed by atoms with E-state index in [9.17, 15) is 4.79 Å². The molecule has 0 unspecified atom stereocenters. The van der Waals surface area contributed by atoms with Crippen molar-refractivity contribution >= 4 is 17.3 Å². The third-order valence-electron chi connectivity index (χ3n) is 3.48. The maximum absolute atomic E-state index is 12.3. The summed E-state index contributed by atoms with van der Waals surface area (Å²) in [6, 6.07) is 7.71. The number of rotatable bonds is 5. The van der Waals surface area contributed by atoms with Gasteiger partial charge in [0.1, 0.15) is 0 Å². The summed E-state index contributed by atoms with van der Waals surface area (Å²) in [5.41, 5.74) is 4.57. The van der Waals surface area contributed by atoms with Gasteiger partial charge in [-0.3, -0.25) is 9.78 Å². The molecular weight excluding hydrogens is 274 g/mol. The Morgan fingerprint density at radius 2 is 1.86 bits per heavy atom. The molecule has 4 nitrogen and oxygen atoms in total. The van der Waals surface area contributed by atoms with Crippen LogP contribution in [0.3, 0.4) is 0 Å². The highest BCUT2D eigenvalue weighted by atomic mass is 16.1. The van der Waals surface area contributed by atoms with Gasteiger partial charge in [-0.2, -0.15) is 0 Å². The van der Waals surface area contributed by atoms with Crippen LogP contribution in [-0.2, 0) is 0 Å². The number of anilines is 2. The van der Waals surface area contributed by atoms with Gasteiger partial charge in [-0.25, -0.2) is 0 Å². The minimum absolute atomic E-state index is 0.149. The highest BCUT2D eigenvalue weighted by molar-refractivity contribution is 6.04. The summed E-state index contributed by atoms with van der Waals surface area (Å²) in [5, 5.41) is 6.19. The van der Waals surface area contributed by atoms with Crippen LogP contribution in [0.1, 0.15) is 35.3 Å². The van der Waals surface area contributed by atoms with E-state index in [-0.39, 0.29) is 5.91 Å². The maximum Gasteiger partial charge on any atom is 0.257 e. The number of carbonyl (C=O) groups excluding carboxylic acids is 1. The summed E-state index contributed by atoms with van der Waals surface area (Å²) in [6.07, 6.45) is 3.31. The van der Waals surface area contributed by atoms with Gasteiger partial charge in [-0.15, -0.1) is 0 Å². The summed E-state index contributed by atoms with van der Waals surface area (Å²) >= 11 is 0. The molecular formula is C18H23N3O. The first-order valence-corrected chi connectivity index (χ1v) is 7.53. The molecule has 116 valence electrons. The van der Waals surface area contributed by atoms with Crippen molar-refractivity contribution in [1.29, 1.82) is 0 Å². The van der Waals surface area contributed by atoms with E-state index in [1.807, 2.05) is 31.2 Å². The van der Waals surface area contributed by atoms with Crippen molar-refractivity contribution in [3.8, 4) is 0 Å². The Labute approximate surface area is 132 Å². The Morgan fingerprint density at radius 1 is 1.09 bits per heavy atom. The van der Waals surface area contributed by atoms with Crippen LogP contribution in [-0.4, -0.2) is 17.4 Å². The molecule has 0 aliphatic heterocycles. The zero-order chi connectivity index (χ0) is 16.1. The number of pyridine rings is 1. The van der Waals surface area contributed by atoms with Crippen LogP contribution >= 0.6 is 0 Å². The smallest absolute Gasteiger partial charge is 0.257 e. The molecule has 1 amide bonds. The third-order valence-corrected chi connectivity index (χ3v) is 3.48. The lowest BCUT2D eigenvalue weighted by atomic mass is 10.1. The van der Waals surface area contributed by atoms with Crippen molar-refractivity contribution in [2.45, 2.75) is 27.7 Å². The lowest BCUT2D eigenvalue weighted by Crippen LogP contribution is -2.14. The SMILES string of the molecule is Cc1ccc(NC(=O)c2cncc(NCC(C)C)c2)cc1C. The first-order valence-electron chi connectivity index (χ1n) is 7.53. The fourth-order valence-electron chi connectivity index (χ4n) is 2.01. The standard InChI is InChI=1S/C18H23N3O/c1-12(2)9-20-17-8-15(10-19-11-17)18(22)21-16-6-5-13(3)14(4)7-16/h5-8,10-12,20H,9H2,1-4H3,(H,21,22).